The molecular formula is C22H21ClF3NO3. The van der Waals surface area contributed by atoms with E-state index in [1.54, 1.807) is 51.1 Å². The van der Waals surface area contributed by atoms with E-state index in [2.05, 4.69) is 4.98 Å². The lowest BCUT2D eigenvalue weighted by Gasteiger charge is -2.14. The van der Waals surface area contributed by atoms with E-state index < -0.39 is 40.5 Å². The molecule has 0 saturated heterocycles. The first-order valence-electron chi connectivity index (χ1n) is 9.35. The van der Waals surface area contributed by atoms with E-state index in [1.165, 1.54) is 0 Å². The molecule has 0 spiro atoms. The minimum Gasteiger partial charge on any atom is -0.456 e. The monoisotopic (exact) mass is 439 g/mol. The van der Waals surface area contributed by atoms with E-state index in [9.17, 15) is 18.0 Å². The van der Waals surface area contributed by atoms with E-state index >= 15 is 0 Å². The number of esters is 1. The van der Waals surface area contributed by atoms with Gasteiger partial charge in [0.25, 0.3) is 0 Å². The van der Waals surface area contributed by atoms with Crippen LogP contribution in [-0.2, 0) is 9.53 Å². The van der Waals surface area contributed by atoms with E-state index in [0.29, 0.717) is 17.3 Å². The first-order valence-corrected chi connectivity index (χ1v) is 9.73. The summed E-state index contributed by atoms with van der Waals surface area (Å²) in [5.41, 5.74) is -0.205. The van der Waals surface area contributed by atoms with Crippen molar-refractivity contribution >= 4 is 17.6 Å². The molecule has 1 aromatic heterocycles. The number of rotatable bonds is 6. The molecule has 1 heterocycles. The summed E-state index contributed by atoms with van der Waals surface area (Å²) in [5, 5.41) is -1.23. The highest BCUT2D eigenvalue weighted by atomic mass is 35.5. The quantitative estimate of drug-likeness (QED) is 0.486. The fraction of sp³-hybridized carbons (Fsp3) is 0.364. The van der Waals surface area contributed by atoms with Gasteiger partial charge in [0.1, 0.15) is 16.9 Å². The van der Waals surface area contributed by atoms with Crippen molar-refractivity contribution in [3.05, 3.63) is 65.3 Å². The Labute approximate surface area is 177 Å². The van der Waals surface area contributed by atoms with Crippen molar-refractivity contribution in [3.8, 4) is 11.6 Å². The van der Waals surface area contributed by atoms with Gasteiger partial charge in [-0.05, 0) is 36.5 Å². The third-order valence-electron chi connectivity index (χ3n) is 5.18. The molecule has 1 aromatic carbocycles. The van der Waals surface area contributed by atoms with Crippen LogP contribution in [0.25, 0.3) is 0 Å². The molecule has 1 aliphatic rings. The highest BCUT2D eigenvalue weighted by Crippen LogP contribution is 2.60. The van der Waals surface area contributed by atoms with Crippen LogP contribution in [0, 0.1) is 17.3 Å². The third-order valence-corrected chi connectivity index (χ3v) is 5.52. The van der Waals surface area contributed by atoms with Crippen molar-refractivity contribution < 1.29 is 27.4 Å². The van der Waals surface area contributed by atoms with Gasteiger partial charge in [-0.25, -0.2) is 4.98 Å². The van der Waals surface area contributed by atoms with Crippen molar-refractivity contribution in [1.82, 2.24) is 4.98 Å². The number of carbonyl (C=O) groups is 1. The highest BCUT2D eigenvalue weighted by molar-refractivity contribution is 6.30. The Morgan fingerprint density at radius 3 is 2.47 bits per heavy atom. The summed E-state index contributed by atoms with van der Waals surface area (Å²) in [4.78, 5) is 16.9. The second kappa shape index (κ2) is 8.30. The van der Waals surface area contributed by atoms with Gasteiger partial charge in [-0.1, -0.05) is 55.8 Å². The topological polar surface area (TPSA) is 48.4 Å². The zero-order valence-corrected chi connectivity index (χ0v) is 17.4. The predicted molar refractivity (Wildman–Crippen MR) is 106 cm³/mol. The average Bonchev–Trinajstić information content (AvgIpc) is 3.22. The van der Waals surface area contributed by atoms with Crippen LogP contribution in [0.1, 0.15) is 32.6 Å². The zero-order chi connectivity index (χ0) is 22.1. The molecule has 0 radical (unpaired) electrons. The Morgan fingerprint density at radius 2 is 1.83 bits per heavy atom. The van der Waals surface area contributed by atoms with Gasteiger partial charge >= 0.3 is 12.1 Å². The number of ether oxygens (including phenoxy) is 2. The van der Waals surface area contributed by atoms with Gasteiger partial charge in [0.15, 0.2) is 0 Å². The molecule has 0 amide bonds. The first-order chi connectivity index (χ1) is 14.0. The lowest BCUT2D eigenvalue weighted by Crippen LogP contribution is -2.14. The standard InChI is InChI=1S/C22H21ClF3NO3/c1-13(16-10-7-11-18(27-16)30-14-8-5-4-6-9-14)29-20(28)19-15(21(19,2)3)12-17(23)22(24,25)26/h4-13,15,19H,1-3H3/t13-,15-,19-/m0/s1. The Bertz CT molecular complexity index is 944. The van der Waals surface area contributed by atoms with Crippen LogP contribution in [0.4, 0.5) is 13.2 Å². The Balaban J connectivity index is 1.67. The molecule has 4 nitrogen and oxygen atoms in total. The summed E-state index contributed by atoms with van der Waals surface area (Å²) in [7, 11) is 0. The normalized spacial score (nSPS) is 21.6. The van der Waals surface area contributed by atoms with Crippen LogP contribution < -0.4 is 4.74 Å². The minimum absolute atomic E-state index is 0.339. The molecule has 1 saturated carbocycles. The maximum atomic E-state index is 12.7. The summed E-state index contributed by atoms with van der Waals surface area (Å²) in [6, 6.07) is 14.2. The number of nitrogens with zero attached hydrogens (tertiary/aromatic N) is 1. The van der Waals surface area contributed by atoms with E-state index in [-0.39, 0.29) is 0 Å². The third kappa shape index (κ3) is 4.95. The molecule has 160 valence electrons. The van der Waals surface area contributed by atoms with Gasteiger partial charge < -0.3 is 9.47 Å². The van der Waals surface area contributed by atoms with Crippen molar-refractivity contribution in [1.29, 1.82) is 0 Å². The summed E-state index contributed by atoms with van der Waals surface area (Å²) in [6.07, 6.45) is -4.44. The van der Waals surface area contributed by atoms with Gasteiger partial charge in [-0.3, -0.25) is 4.79 Å². The van der Waals surface area contributed by atoms with Gasteiger partial charge in [0.05, 0.1) is 11.6 Å². The Hall–Kier alpha value is -2.54. The molecule has 0 bridgehead atoms. The van der Waals surface area contributed by atoms with Gasteiger partial charge in [0, 0.05) is 6.07 Å². The molecule has 1 fully saturated rings. The SMILES string of the molecule is C[C@H](OC(=O)[C@@H]1[C@H](C=C(Cl)C(F)(F)F)C1(C)C)c1cccc(Oc2ccccc2)n1. The number of pyridine rings is 1. The Kier molecular flexibility index (Phi) is 6.13. The van der Waals surface area contributed by atoms with Crippen molar-refractivity contribution in [2.75, 3.05) is 0 Å². The largest absolute Gasteiger partial charge is 0.456 e. The molecule has 0 unspecified atom stereocenters. The van der Waals surface area contributed by atoms with E-state index in [1.807, 2.05) is 18.2 Å². The molecule has 3 atom stereocenters. The van der Waals surface area contributed by atoms with Gasteiger partial charge in [-0.15, -0.1) is 0 Å². The summed E-state index contributed by atoms with van der Waals surface area (Å²) < 4.78 is 49.3. The van der Waals surface area contributed by atoms with Crippen LogP contribution in [0.3, 0.4) is 0 Å². The number of aromatic nitrogens is 1. The number of benzene rings is 1. The molecule has 1 aliphatic carbocycles. The fourth-order valence-electron chi connectivity index (χ4n) is 3.32. The molecule has 2 aromatic rings. The van der Waals surface area contributed by atoms with Gasteiger partial charge in [-0.2, -0.15) is 13.2 Å². The molecule has 30 heavy (non-hydrogen) atoms. The lowest BCUT2D eigenvalue weighted by molar-refractivity contribution is -0.151. The fourth-order valence-corrected chi connectivity index (χ4v) is 3.46. The summed E-state index contributed by atoms with van der Waals surface area (Å²) >= 11 is 5.33. The maximum absolute atomic E-state index is 12.7. The minimum atomic E-state index is -4.63. The molecule has 3 rings (SSSR count). The number of hydrogen-bond donors (Lipinski definition) is 0. The lowest BCUT2D eigenvalue weighted by atomic mass is 10.1. The first kappa shape index (κ1) is 22.2. The number of halogens is 4. The van der Waals surface area contributed by atoms with E-state index in [4.69, 9.17) is 21.1 Å². The molecule has 8 heteroatoms. The predicted octanol–water partition coefficient (Wildman–Crippen LogP) is 6.44. The van der Waals surface area contributed by atoms with E-state index in [0.717, 1.165) is 6.08 Å². The second-order valence-corrected chi connectivity index (χ2v) is 8.14. The summed E-state index contributed by atoms with van der Waals surface area (Å²) in [5.74, 6) is -0.989. The number of allylic oxidation sites excluding steroid dienone is 2. The maximum Gasteiger partial charge on any atom is 0.426 e. The average molecular weight is 440 g/mol. The van der Waals surface area contributed by atoms with Crippen LogP contribution >= 0.6 is 11.6 Å². The van der Waals surface area contributed by atoms with Crippen molar-refractivity contribution in [2.24, 2.45) is 17.3 Å². The van der Waals surface area contributed by atoms with Gasteiger partial charge in [0.2, 0.25) is 5.88 Å². The number of alkyl halides is 3. The van der Waals surface area contributed by atoms with Crippen LogP contribution in [-0.4, -0.2) is 17.1 Å². The molecule has 0 aliphatic heterocycles. The summed E-state index contributed by atoms with van der Waals surface area (Å²) in [6.45, 7) is 5.06. The number of carbonyl (C=O) groups excluding carboxylic acids is 1. The zero-order valence-electron chi connectivity index (χ0n) is 16.6. The number of hydrogen-bond acceptors (Lipinski definition) is 4. The van der Waals surface area contributed by atoms with Crippen LogP contribution in [0.5, 0.6) is 11.6 Å². The van der Waals surface area contributed by atoms with Crippen LogP contribution in [0.2, 0.25) is 0 Å². The van der Waals surface area contributed by atoms with Crippen molar-refractivity contribution in [2.45, 2.75) is 33.1 Å². The number of para-hydroxylation sites is 1. The second-order valence-electron chi connectivity index (χ2n) is 7.73. The molecular weight excluding hydrogens is 419 g/mol. The van der Waals surface area contributed by atoms with Crippen LogP contribution in [0.15, 0.2) is 59.6 Å². The Morgan fingerprint density at radius 1 is 1.17 bits per heavy atom. The highest BCUT2D eigenvalue weighted by Gasteiger charge is 2.62. The smallest absolute Gasteiger partial charge is 0.426 e. The molecule has 0 N–H and O–H groups in total. The van der Waals surface area contributed by atoms with Crippen molar-refractivity contribution in [3.63, 3.8) is 0 Å².